The van der Waals surface area contributed by atoms with Crippen molar-refractivity contribution in [2.75, 3.05) is 0 Å². The summed E-state index contributed by atoms with van der Waals surface area (Å²) in [6.07, 6.45) is 10.5. The standard InChI is InChI=1S/C23H40O2/c1-5-14(2)18-8-9-19-17-7-6-15-12-16(24)10-11-22(15,3)20(17)13-21(25)23(18,19)4/h14-21,24-25H,5-13H2,1-4H3. The Kier molecular flexibility index (Phi) is 4.56. The monoisotopic (exact) mass is 348 g/mol. The average molecular weight is 349 g/mol. The molecule has 0 aromatic heterocycles. The van der Waals surface area contributed by atoms with Crippen LogP contribution in [0.5, 0.6) is 0 Å². The Bertz CT molecular complexity index is 504. The fraction of sp³-hybridized carbons (Fsp3) is 1.00. The smallest absolute Gasteiger partial charge is 0.0602 e. The minimum Gasteiger partial charge on any atom is -0.393 e. The van der Waals surface area contributed by atoms with Crippen LogP contribution < -0.4 is 0 Å². The highest BCUT2D eigenvalue weighted by atomic mass is 16.3. The van der Waals surface area contributed by atoms with Gasteiger partial charge in [-0.15, -0.1) is 0 Å². The van der Waals surface area contributed by atoms with E-state index in [1.54, 1.807) is 0 Å². The molecule has 0 aliphatic heterocycles. The SMILES string of the molecule is CCC(C)C1CCC2C3CCC4CC(O)CCC4(C)C3CC(O)C12C. The van der Waals surface area contributed by atoms with Gasteiger partial charge in [0.05, 0.1) is 12.2 Å². The molecule has 2 heteroatoms. The molecule has 4 rings (SSSR count). The Balaban J connectivity index is 1.64. The molecule has 4 fully saturated rings. The minimum absolute atomic E-state index is 0.0744. The summed E-state index contributed by atoms with van der Waals surface area (Å²) in [5.41, 5.74) is 0.507. The average Bonchev–Trinajstić information content (AvgIpc) is 2.95. The molecule has 4 aliphatic carbocycles. The zero-order valence-corrected chi connectivity index (χ0v) is 16.9. The van der Waals surface area contributed by atoms with Crippen molar-refractivity contribution in [1.82, 2.24) is 0 Å². The zero-order valence-electron chi connectivity index (χ0n) is 16.9. The van der Waals surface area contributed by atoms with E-state index in [4.69, 9.17) is 0 Å². The van der Waals surface area contributed by atoms with Crippen LogP contribution in [0.25, 0.3) is 0 Å². The molecule has 10 unspecified atom stereocenters. The van der Waals surface area contributed by atoms with E-state index in [0.29, 0.717) is 23.2 Å². The molecule has 0 amide bonds. The maximum atomic E-state index is 11.4. The van der Waals surface area contributed by atoms with Crippen molar-refractivity contribution < 1.29 is 10.2 Å². The number of rotatable bonds is 2. The fourth-order valence-corrected chi connectivity index (χ4v) is 8.44. The van der Waals surface area contributed by atoms with Gasteiger partial charge in [0.1, 0.15) is 0 Å². The quantitative estimate of drug-likeness (QED) is 0.735. The maximum absolute atomic E-state index is 11.4. The molecule has 2 N–H and O–H groups in total. The predicted molar refractivity (Wildman–Crippen MR) is 102 cm³/mol. The molecular formula is C23H40O2. The summed E-state index contributed by atoms with van der Waals surface area (Å²) in [7, 11) is 0. The molecule has 25 heavy (non-hydrogen) atoms. The molecule has 144 valence electrons. The van der Waals surface area contributed by atoms with Crippen molar-refractivity contribution in [3.8, 4) is 0 Å². The van der Waals surface area contributed by atoms with E-state index in [0.717, 1.165) is 37.0 Å². The Morgan fingerprint density at radius 1 is 0.960 bits per heavy atom. The summed E-state index contributed by atoms with van der Waals surface area (Å²) in [5.74, 6) is 4.35. The second-order valence-electron chi connectivity index (χ2n) is 10.8. The van der Waals surface area contributed by atoms with Crippen molar-refractivity contribution in [1.29, 1.82) is 0 Å². The molecule has 0 radical (unpaired) electrons. The van der Waals surface area contributed by atoms with Crippen molar-refractivity contribution in [2.45, 2.75) is 97.7 Å². The van der Waals surface area contributed by atoms with E-state index in [2.05, 4.69) is 27.7 Å². The molecule has 4 aliphatic rings. The van der Waals surface area contributed by atoms with E-state index >= 15 is 0 Å². The van der Waals surface area contributed by atoms with Gasteiger partial charge in [0.2, 0.25) is 0 Å². The number of aliphatic hydroxyl groups excluding tert-OH is 2. The summed E-state index contributed by atoms with van der Waals surface area (Å²) >= 11 is 0. The third-order valence-corrected chi connectivity index (χ3v) is 10.1. The highest BCUT2D eigenvalue weighted by Crippen LogP contribution is 2.68. The lowest BCUT2D eigenvalue weighted by atomic mass is 9.43. The van der Waals surface area contributed by atoms with Gasteiger partial charge in [-0.25, -0.2) is 0 Å². The first kappa shape index (κ1) is 18.3. The molecule has 2 nitrogen and oxygen atoms in total. The van der Waals surface area contributed by atoms with Crippen LogP contribution in [0.1, 0.15) is 85.5 Å². The molecule has 0 spiro atoms. The molecule has 4 saturated carbocycles. The Hall–Kier alpha value is -0.0800. The second kappa shape index (κ2) is 6.23. The van der Waals surface area contributed by atoms with Gasteiger partial charge in [0.25, 0.3) is 0 Å². The van der Waals surface area contributed by atoms with Crippen LogP contribution >= 0.6 is 0 Å². The van der Waals surface area contributed by atoms with Crippen molar-refractivity contribution in [3.05, 3.63) is 0 Å². The second-order valence-corrected chi connectivity index (χ2v) is 10.8. The van der Waals surface area contributed by atoms with Crippen LogP contribution in [0.3, 0.4) is 0 Å². The maximum Gasteiger partial charge on any atom is 0.0602 e. The van der Waals surface area contributed by atoms with Crippen LogP contribution in [0.15, 0.2) is 0 Å². The summed E-state index contributed by atoms with van der Waals surface area (Å²) in [6, 6.07) is 0. The summed E-state index contributed by atoms with van der Waals surface area (Å²) in [5, 5.41) is 21.6. The molecule has 0 bridgehead atoms. The van der Waals surface area contributed by atoms with Gasteiger partial charge in [-0.1, -0.05) is 34.1 Å². The lowest BCUT2D eigenvalue weighted by Gasteiger charge is -2.62. The number of fused-ring (bicyclic) bond motifs is 5. The Morgan fingerprint density at radius 3 is 2.44 bits per heavy atom. The van der Waals surface area contributed by atoms with E-state index in [1.807, 2.05) is 0 Å². The number of aliphatic hydroxyl groups is 2. The lowest BCUT2D eigenvalue weighted by molar-refractivity contribution is -0.174. The summed E-state index contributed by atoms with van der Waals surface area (Å²) < 4.78 is 0. The molecule has 0 aromatic carbocycles. The highest BCUT2D eigenvalue weighted by Gasteiger charge is 2.63. The topological polar surface area (TPSA) is 40.5 Å². The predicted octanol–water partition coefficient (Wildman–Crippen LogP) is 5.02. The molecule has 10 atom stereocenters. The first-order chi connectivity index (χ1) is 11.8. The summed E-state index contributed by atoms with van der Waals surface area (Å²) in [4.78, 5) is 0. The third kappa shape index (κ3) is 2.49. The van der Waals surface area contributed by atoms with E-state index in [-0.39, 0.29) is 17.6 Å². The zero-order chi connectivity index (χ0) is 18.0. The first-order valence-corrected chi connectivity index (χ1v) is 11.2. The third-order valence-electron chi connectivity index (χ3n) is 10.1. The van der Waals surface area contributed by atoms with Gasteiger partial charge in [-0.3, -0.25) is 0 Å². The number of hydrogen-bond donors (Lipinski definition) is 2. The van der Waals surface area contributed by atoms with E-state index < -0.39 is 0 Å². The van der Waals surface area contributed by atoms with E-state index in [1.165, 1.54) is 38.5 Å². The first-order valence-electron chi connectivity index (χ1n) is 11.2. The van der Waals surface area contributed by atoms with Crippen LogP contribution in [-0.2, 0) is 0 Å². The van der Waals surface area contributed by atoms with Crippen LogP contribution in [0.2, 0.25) is 0 Å². The Labute approximate surface area is 154 Å². The largest absolute Gasteiger partial charge is 0.393 e. The van der Waals surface area contributed by atoms with Gasteiger partial charge < -0.3 is 10.2 Å². The van der Waals surface area contributed by atoms with Gasteiger partial charge >= 0.3 is 0 Å². The van der Waals surface area contributed by atoms with Crippen LogP contribution in [-0.4, -0.2) is 22.4 Å². The van der Waals surface area contributed by atoms with Gasteiger partial charge in [0.15, 0.2) is 0 Å². The van der Waals surface area contributed by atoms with Gasteiger partial charge in [-0.05, 0) is 97.7 Å². The molecule has 0 saturated heterocycles. The highest BCUT2D eigenvalue weighted by molar-refractivity contribution is 5.12. The lowest BCUT2D eigenvalue weighted by Crippen LogP contribution is -2.58. The molecule has 0 heterocycles. The Morgan fingerprint density at radius 2 is 1.72 bits per heavy atom. The fourth-order valence-electron chi connectivity index (χ4n) is 8.44. The van der Waals surface area contributed by atoms with Crippen LogP contribution in [0.4, 0.5) is 0 Å². The van der Waals surface area contributed by atoms with Gasteiger partial charge in [-0.2, -0.15) is 0 Å². The molecule has 0 aromatic rings. The van der Waals surface area contributed by atoms with Gasteiger partial charge in [0, 0.05) is 0 Å². The van der Waals surface area contributed by atoms with Crippen molar-refractivity contribution >= 4 is 0 Å². The normalized spacial score (nSPS) is 56.6. The summed E-state index contributed by atoms with van der Waals surface area (Å²) in [6.45, 7) is 9.69. The molecular weight excluding hydrogens is 308 g/mol. The van der Waals surface area contributed by atoms with Crippen molar-refractivity contribution in [2.24, 2.45) is 46.3 Å². The van der Waals surface area contributed by atoms with Crippen LogP contribution in [0, 0.1) is 46.3 Å². The minimum atomic E-state index is -0.123. The number of hydrogen-bond acceptors (Lipinski definition) is 2. The van der Waals surface area contributed by atoms with E-state index in [9.17, 15) is 10.2 Å². The van der Waals surface area contributed by atoms with Crippen molar-refractivity contribution in [3.63, 3.8) is 0 Å².